The average Bonchev–Trinajstić information content (AvgIpc) is 3.12. The smallest absolute Gasteiger partial charge is 0.281 e. The first kappa shape index (κ1) is 21.4. The maximum atomic E-state index is 12.5. The minimum atomic E-state index is -0.453. The fourth-order valence-electron chi connectivity index (χ4n) is 3.06. The SMILES string of the molecule is CCOc1cc(C)c(/C=N\NC(=O)c2cc3cc([N+](=O)[O-])ccc3s2)cc1C(C)C. The van der Waals surface area contributed by atoms with Gasteiger partial charge < -0.3 is 4.74 Å². The molecule has 1 aromatic heterocycles. The fourth-order valence-corrected chi connectivity index (χ4v) is 3.99. The number of nitrogens with zero attached hydrogens (tertiary/aromatic N) is 2. The number of rotatable bonds is 7. The minimum Gasteiger partial charge on any atom is -0.494 e. The number of non-ortho nitro benzene ring substituents is 1. The number of thiophene rings is 1. The van der Waals surface area contributed by atoms with E-state index in [0.29, 0.717) is 16.9 Å². The molecule has 0 saturated heterocycles. The van der Waals surface area contributed by atoms with Crippen molar-refractivity contribution in [2.24, 2.45) is 5.10 Å². The molecule has 30 heavy (non-hydrogen) atoms. The quantitative estimate of drug-likeness (QED) is 0.311. The summed E-state index contributed by atoms with van der Waals surface area (Å²) in [5.41, 5.74) is 5.51. The molecule has 1 amide bonds. The van der Waals surface area contributed by atoms with Gasteiger partial charge in [0.1, 0.15) is 5.75 Å². The topological polar surface area (TPSA) is 93.8 Å². The van der Waals surface area contributed by atoms with Crippen molar-refractivity contribution in [3.05, 3.63) is 68.1 Å². The first-order chi connectivity index (χ1) is 14.3. The zero-order chi connectivity index (χ0) is 21.8. The first-order valence-electron chi connectivity index (χ1n) is 9.58. The molecule has 2 aromatic carbocycles. The molecule has 0 radical (unpaired) electrons. The van der Waals surface area contributed by atoms with Crippen LogP contribution in [0.15, 0.2) is 41.5 Å². The number of nitro benzene ring substituents is 1. The van der Waals surface area contributed by atoms with Crippen LogP contribution in [0.3, 0.4) is 0 Å². The molecular weight excluding hydrogens is 402 g/mol. The van der Waals surface area contributed by atoms with E-state index in [9.17, 15) is 14.9 Å². The molecular formula is C22H23N3O4S. The van der Waals surface area contributed by atoms with Crippen LogP contribution in [0.2, 0.25) is 0 Å². The minimum absolute atomic E-state index is 0.00258. The zero-order valence-electron chi connectivity index (χ0n) is 17.3. The van der Waals surface area contributed by atoms with Crippen LogP contribution < -0.4 is 10.2 Å². The van der Waals surface area contributed by atoms with Crippen LogP contribution in [0.25, 0.3) is 10.1 Å². The molecule has 1 N–H and O–H groups in total. The largest absolute Gasteiger partial charge is 0.494 e. The molecule has 156 valence electrons. The third-order valence-corrected chi connectivity index (χ3v) is 5.74. The number of hydrazone groups is 1. The van der Waals surface area contributed by atoms with E-state index in [-0.39, 0.29) is 17.5 Å². The fraction of sp³-hybridized carbons (Fsp3) is 0.273. The summed E-state index contributed by atoms with van der Waals surface area (Å²) in [5.74, 6) is 0.796. The summed E-state index contributed by atoms with van der Waals surface area (Å²) in [4.78, 5) is 23.4. The summed E-state index contributed by atoms with van der Waals surface area (Å²) >= 11 is 1.26. The van der Waals surface area contributed by atoms with Crippen molar-refractivity contribution in [1.29, 1.82) is 0 Å². The molecule has 0 bridgehead atoms. The van der Waals surface area contributed by atoms with Gasteiger partial charge in [-0.3, -0.25) is 14.9 Å². The summed E-state index contributed by atoms with van der Waals surface area (Å²) < 4.78 is 6.54. The monoisotopic (exact) mass is 425 g/mol. The van der Waals surface area contributed by atoms with Gasteiger partial charge in [-0.15, -0.1) is 11.3 Å². The lowest BCUT2D eigenvalue weighted by Gasteiger charge is -2.15. The maximum absolute atomic E-state index is 12.5. The van der Waals surface area contributed by atoms with Gasteiger partial charge in [-0.05, 0) is 60.7 Å². The second kappa shape index (κ2) is 9.04. The summed E-state index contributed by atoms with van der Waals surface area (Å²) in [7, 11) is 0. The Balaban J connectivity index is 1.78. The Morgan fingerprint density at radius 3 is 2.73 bits per heavy atom. The Morgan fingerprint density at radius 1 is 1.30 bits per heavy atom. The Labute approximate surface area is 178 Å². The number of nitro groups is 1. The molecule has 8 heteroatoms. The van der Waals surface area contributed by atoms with Crippen LogP contribution >= 0.6 is 11.3 Å². The number of aryl methyl sites for hydroxylation is 1. The standard InChI is InChI=1S/C22H23N3O4S/c1-5-29-19-8-14(4)16(10-18(19)13(2)3)12-23-24-22(26)21-11-15-9-17(25(27)28)6-7-20(15)30-21/h6-13H,5H2,1-4H3,(H,24,26)/b23-12-. The Bertz CT molecular complexity index is 1130. The second-order valence-corrected chi connectivity index (χ2v) is 8.21. The highest BCUT2D eigenvalue weighted by molar-refractivity contribution is 7.20. The summed E-state index contributed by atoms with van der Waals surface area (Å²) in [5, 5.41) is 15.7. The van der Waals surface area contributed by atoms with Gasteiger partial charge in [-0.25, -0.2) is 5.43 Å². The number of hydrogen-bond donors (Lipinski definition) is 1. The van der Waals surface area contributed by atoms with E-state index in [2.05, 4.69) is 24.4 Å². The number of ether oxygens (including phenoxy) is 1. The molecule has 3 aromatic rings. The molecule has 0 unspecified atom stereocenters. The van der Waals surface area contributed by atoms with Gasteiger partial charge in [0.05, 0.1) is 22.6 Å². The molecule has 7 nitrogen and oxygen atoms in total. The van der Waals surface area contributed by atoms with Crippen molar-refractivity contribution in [3.8, 4) is 5.75 Å². The number of hydrogen-bond acceptors (Lipinski definition) is 6. The molecule has 0 atom stereocenters. The molecule has 0 saturated carbocycles. The molecule has 3 rings (SSSR count). The molecule has 0 aliphatic carbocycles. The van der Waals surface area contributed by atoms with Crippen LogP contribution in [0.4, 0.5) is 5.69 Å². The van der Waals surface area contributed by atoms with Crippen molar-refractivity contribution < 1.29 is 14.5 Å². The van der Waals surface area contributed by atoms with Crippen molar-refractivity contribution >= 4 is 39.2 Å². The molecule has 0 aliphatic heterocycles. The lowest BCUT2D eigenvalue weighted by atomic mass is 9.97. The molecule has 0 spiro atoms. The van der Waals surface area contributed by atoms with E-state index in [0.717, 1.165) is 27.1 Å². The van der Waals surface area contributed by atoms with Crippen molar-refractivity contribution in [2.45, 2.75) is 33.6 Å². The van der Waals surface area contributed by atoms with Gasteiger partial charge in [0.2, 0.25) is 0 Å². The Morgan fingerprint density at radius 2 is 2.07 bits per heavy atom. The van der Waals surface area contributed by atoms with E-state index in [4.69, 9.17) is 4.74 Å². The predicted molar refractivity (Wildman–Crippen MR) is 120 cm³/mol. The highest BCUT2D eigenvalue weighted by atomic mass is 32.1. The van der Waals surface area contributed by atoms with Gasteiger partial charge in [-0.2, -0.15) is 5.10 Å². The number of benzene rings is 2. The normalized spacial score (nSPS) is 11.4. The molecule has 0 fully saturated rings. The number of nitrogens with one attached hydrogen (secondary N) is 1. The number of carbonyl (C=O) groups is 1. The van der Waals surface area contributed by atoms with Gasteiger partial charge in [0.25, 0.3) is 11.6 Å². The lowest BCUT2D eigenvalue weighted by molar-refractivity contribution is -0.384. The van der Waals surface area contributed by atoms with E-state index < -0.39 is 4.92 Å². The highest BCUT2D eigenvalue weighted by Gasteiger charge is 2.14. The third-order valence-electron chi connectivity index (χ3n) is 4.62. The average molecular weight is 426 g/mol. The summed E-state index contributed by atoms with van der Waals surface area (Å²) in [6.07, 6.45) is 1.62. The van der Waals surface area contributed by atoms with Gasteiger partial charge >= 0.3 is 0 Å². The Kier molecular flexibility index (Phi) is 6.47. The van der Waals surface area contributed by atoms with Crippen LogP contribution in [-0.2, 0) is 0 Å². The summed E-state index contributed by atoms with van der Waals surface area (Å²) in [6.45, 7) is 8.72. The molecule has 0 aliphatic rings. The zero-order valence-corrected chi connectivity index (χ0v) is 18.1. The van der Waals surface area contributed by atoms with Crippen molar-refractivity contribution in [1.82, 2.24) is 5.43 Å². The molecule has 1 heterocycles. The highest BCUT2D eigenvalue weighted by Crippen LogP contribution is 2.30. The van der Waals surface area contributed by atoms with E-state index in [1.165, 1.54) is 23.5 Å². The van der Waals surface area contributed by atoms with Crippen molar-refractivity contribution in [2.75, 3.05) is 6.61 Å². The van der Waals surface area contributed by atoms with Crippen LogP contribution in [0, 0.1) is 17.0 Å². The van der Waals surface area contributed by atoms with E-state index >= 15 is 0 Å². The van der Waals surface area contributed by atoms with Gasteiger partial charge in [0.15, 0.2) is 0 Å². The van der Waals surface area contributed by atoms with Gasteiger partial charge in [0, 0.05) is 22.2 Å². The third kappa shape index (κ3) is 4.65. The predicted octanol–water partition coefficient (Wildman–Crippen LogP) is 5.40. The van der Waals surface area contributed by atoms with Crippen LogP contribution in [-0.4, -0.2) is 23.7 Å². The van der Waals surface area contributed by atoms with Gasteiger partial charge in [-0.1, -0.05) is 13.8 Å². The number of amides is 1. The first-order valence-corrected chi connectivity index (χ1v) is 10.4. The van der Waals surface area contributed by atoms with Crippen LogP contribution in [0.1, 0.15) is 53.1 Å². The number of carbonyl (C=O) groups excluding carboxylic acids is 1. The van der Waals surface area contributed by atoms with Crippen LogP contribution in [0.5, 0.6) is 5.75 Å². The Hall–Kier alpha value is -3.26. The van der Waals surface area contributed by atoms with E-state index in [1.807, 2.05) is 26.0 Å². The maximum Gasteiger partial charge on any atom is 0.281 e. The summed E-state index contributed by atoms with van der Waals surface area (Å²) in [6, 6.07) is 10.2. The van der Waals surface area contributed by atoms with E-state index in [1.54, 1.807) is 18.3 Å². The number of fused-ring (bicyclic) bond motifs is 1. The van der Waals surface area contributed by atoms with Crippen molar-refractivity contribution in [3.63, 3.8) is 0 Å². The second-order valence-electron chi connectivity index (χ2n) is 7.12. The lowest BCUT2D eigenvalue weighted by Crippen LogP contribution is -2.16.